The zero-order valence-electron chi connectivity index (χ0n) is 20.5. The van der Waals surface area contributed by atoms with Crippen LogP contribution in [0.5, 0.6) is 0 Å². The molecule has 3 aliphatic rings. The van der Waals surface area contributed by atoms with E-state index in [0.29, 0.717) is 41.3 Å². The van der Waals surface area contributed by atoms with Crippen molar-refractivity contribution in [2.24, 2.45) is 28.5 Å². The number of Topliss-reactive ketones (excluding diaryl/α,β-unsaturated/α-hetero) is 1. The van der Waals surface area contributed by atoms with Crippen LogP contribution in [0, 0.1) is 29.1 Å². The largest absolute Gasteiger partial charge is 0.369 e. The molecule has 0 unspecified atom stereocenters. The average molecular weight is 463 g/mol. The number of guanidine groups is 1. The molecule has 1 aromatic rings. The first-order chi connectivity index (χ1) is 16.4. The number of likely N-dealkylation sites (N-methyl/N-ethyl adjacent to an activating group) is 1. The lowest BCUT2D eigenvalue weighted by molar-refractivity contribution is -0.131. The molecular weight excluding hydrogens is 424 g/mol. The molecule has 2 saturated carbocycles. The molecule has 1 aromatic carbocycles. The monoisotopic (exact) mass is 462 g/mol. The lowest BCUT2D eigenvalue weighted by atomic mass is 9.71. The van der Waals surface area contributed by atoms with E-state index in [1.807, 2.05) is 0 Å². The third kappa shape index (κ3) is 5.51. The molecule has 1 amide bonds. The van der Waals surface area contributed by atoms with Crippen LogP contribution in [0.2, 0.25) is 0 Å². The third-order valence-electron chi connectivity index (χ3n) is 8.37. The zero-order chi connectivity index (χ0) is 24.1. The number of nitriles is 1. The van der Waals surface area contributed by atoms with E-state index >= 15 is 0 Å². The van der Waals surface area contributed by atoms with Crippen molar-refractivity contribution in [2.75, 3.05) is 7.05 Å². The van der Waals surface area contributed by atoms with E-state index < -0.39 is 5.54 Å². The Labute approximate surface area is 203 Å². The van der Waals surface area contributed by atoms with Gasteiger partial charge in [-0.25, -0.2) is 4.99 Å². The van der Waals surface area contributed by atoms with Crippen molar-refractivity contribution < 1.29 is 9.59 Å². The van der Waals surface area contributed by atoms with Crippen molar-refractivity contribution in [1.82, 2.24) is 4.90 Å². The first kappa shape index (κ1) is 24.4. The minimum atomic E-state index is -0.728. The number of carbonyl (C=O) groups is 2. The van der Waals surface area contributed by atoms with E-state index in [9.17, 15) is 9.59 Å². The molecule has 6 nitrogen and oxygen atoms in total. The van der Waals surface area contributed by atoms with Crippen molar-refractivity contribution in [3.63, 3.8) is 0 Å². The fraction of sp³-hybridized carbons (Fsp3) is 0.643. The van der Waals surface area contributed by atoms with Crippen molar-refractivity contribution in [3.05, 3.63) is 35.4 Å². The van der Waals surface area contributed by atoms with Gasteiger partial charge in [-0.05, 0) is 62.0 Å². The molecule has 0 radical (unpaired) electrons. The van der Waals surface area contributed by atoms with Gasteiger partial charge in [0.1, 0.15) is 5.54 Å². The van der Waals surface area contributed by atoms with E-state index in [4.69, 9.17) is 16.0 Å². The van der Waals surface area contributed by atoms with Crippen LogP contribution in [0.1, 0.15) is 99.4 Å². The summed E-state index contributed by atoms with van der Waals surface area (Å²) in [4.78, 5) is 32.6. The van der Waals surface area contributed by atoms with E-state index in [2.05, 4.69) is 6.07 Å². The van der Waals surface area contributed by atoms with E-state index in [-0.39, 0.29) is 11.7 Å². The summed E-state index contributed by atoms with van der Waals surface area (Å²) in [5.74, 6) is 1.87. The van der Waals surface area contributed by atoms with Crippen LogP contribution in [0.25, 0.3) is 0 Å². The predicted molar refractivity (Wildman–Crippen MR) is 133 cm³/mol. The summed E-state index contributed by atoms with van der Waals surface area (Å²) in [5.41, 5.74) is 6.54. The van der Waals surface area contributed by atoms with Gasteiger partial charge in [-0.1, -0.05) is 57.1 Å². The SMILES string of the molecule is CN1C(=O)[C@@](CCC2CCCCC2)(C[C@H]2CCC[C@@H](CC(=O)c3cccc(C#N)c3)C2)N=C1N. The Balaban J connectivity index is 1.41. The first-order valence-corrected chi connectivity index (χ1v) is 13.1. The van der Waals surface area contributed by atoms with Crippen LogP contribution in [0.3, 0.4) is 0 Å². The van der Waals surface area contributed by atoms with Crippen molar-refractivity contribution in [1.29, 1.82) is 5.26 Å². The minimum Gasteiger partial charge on any atom is -0.369 e. The second-order valence-electron chi connectivity index (χ2n) is 10.8. The predicted octanol–water partition coefficient (Wildman–Crippen LogP) is 5.21. The lowest BCUT2D eigenvalue weighted by Gasteiger charge is -2.35. The molecule has 0 spiro atoms. The highest BCUT2D eigenvalue weighted by Gasteiger charge is 2.48. The van der Waals surface area contributed by atoms with Crippen LogP contribution in [0.15, 0.2) is 29.3 Å². The fourth-order valence-corrected chi connectivity index (χ4v) is 6.47. The number of aliphatic imine (C=N–C) groups is 1. The molecule has 182 valence electrons. The Morgan fingerprint density at radius 2 is 1.88 bits per heavy atom. The van der Waals surface area contributed by atoms with E-state index in [1.54, 1.807) is 31.3 Å². The number of nitrogens with two attached hydrogens (primary N) is 1. The van der Waals surface area contributed by atoms with Crippen LogP contribution in [-0.2, 0) is 4.79 Å². The van der Waals surface area contributed by atoms with Gasteiger partial charge in [0.25, 0.3) is 5.91 Å². The van der Waals surface area contributed by atoms with Crippen molar-refractivity contribution >= 4 is 17.6 Å². The average Bonchev–Trinajstić information content (AvgIpc) is 3.07. The van der Waals surface area contributed by atoms with Crippen molar-refractivity contribution in [2.45, 2.75) is 89.0 Å². The summed E-state index contributed by atoms with van der Waals surface area (Å²) in [6, 6.07) is 9.10. The molecule has 1 heterocycles. The van der Waals surface area contributed by atoms with Gasteiger partial charge in [-0.15, -0.1) is 0 Å². The van der Waals surface area contributed by atoms with Gasteiger partial charge in [-0.3, -0.25) is 14.5 Å². The molecule has 34 heavy (non-hydrogen) atoms. The Kier molecular flexibility index (Phi) is 7.70. The number of hydrogen-bond acceptors (Lipinski definition) is 5. The second-order valence-corrected chi connectivity index (χ2v) is 10.8. The summed E-state index contributed by atoms with van der Waals surface area (Å²) in [5, 5.41) is 9.13. The molecule has 2 fully saturated rings. The summed E-state index contributed by atoms with van der Waals surface area (Å²) < 4.78 is 0. The maximum atomic E-state index is 13.3. The van der Waals surface area contributed by atoms with Gasteiger partial charge in [0.2, 0.25) is 0 Å². The van der Waals surface area contributed by atoms with Gasteiger partial charge >= 0.3 is 0 Å². The normalized spacial score (nSPS) is 27.9. The highest BCUT2D eigenvalue weighted by atomic mass is 16.2. The number of rotatable bonds is 8. The van der Waals surface area contributed by atoms with Gasteiger partial charge in [0.05, 0.1) is 11.6 Å². The molecule has 6 heteroatoms. The van der Waals surface area contributed by atoms with Crippen molar-refractivity contribution in [3.8, 4) is 6.07 Å². The first-order valence-electron chi connectivity index (χ1n) is 13.1. The Morgan fingerprint density at radius 1 is 1.15 bits per heavy atom. The molecule has 2 N–H and O–H groups in total. The Bertz CT molecular complexity index is 975. The Morgan fingerprint density at radius 3 is 2.59 bits per heavy atom. The number of ketones is 1. The van der Waals surface area contributed by atoms with Crippen LogP contribution < -0.4 is 5.73 Å². The second kappa shape index (κ2) is 10.7. The van der Waals surface area contributed by atoms with Crippen LogP contribution in [0.4, 0.5) is 0 Å². The standard InChI is InChI=1S/C28H38N4O2/c1-32-26(34)28(31-27(32)30,14-13-20-7-3-2-4-8-20)18-22-10-5-9-21(15-22)17-25(33)24-12-6-11-23(16-24)19-29/h6,11-12,16,20-22H,2-5,7-10,13-15,17-18H2,1H3,(H2,30,31)/t21-,22+,28-/m1/s1. The van der Waals surface area contributed by atoms with E-state index in [1.165, 1.54) is 37.0 Å². The topological polar surface area (TPSA) is 99.5 Å². The molecular formula is C28H38N4O2. The van der Waals surface area contributed by atoms with Crippen LogP contribution in [-0.4, -0.2) is 35.1 Å². The molecule has 0 saturated heterocycles. The van der Waals surface area contributed by atoms with Gasteiger partial charge in [-0.2, -0.15) is 5.26 Å². The van der Waals surface area contributed by atoms with E-state index in [0.717, 1.165) is 44.9 Å². The quantitative estimate of drug-likeness (QED) is 0.536. The lowest BCUT2D eigenvalue weighted by Crippen LogP contribution is -2.44. The number of amides is 1. The highest BCUT2D eigenvalue weighted by molar-refractivity contribution is 6.06. The smallest absolute Gasteiger partial charge is 0.257 e. The highest BCUT2D eigenvalue weighted by Crippen LogP contribution is 2.42. The third-order valence-corrected chi connectivity index (χ3v) is 8.37. The number of benzene rings is 1. The summed E-state index contributed by atoms with van der Waals surface area (Å²) in [6.45, 7) is 0. The van der Waals surface area contributed by atoms with Gasteiger partial charge in [0.15, 0.2) is 11.7 Å². The van der Waals surface area contributed by atoms with Gasteiger partial charge < -0.3 is 5.73 Å². The molecule has 0 bridgehead atoms. The Hall–Kier alpha value is -2.68. The number of hydrogen-bond donors (Lipinski definition) is 1. The molecule has 1 aliphatic heterocycles. The molecule has 4 rings (SSSR count). The maximum absolute atomic E-state index is 13.3. The van der Waals surface area contributed by atoms with Crippen LogP contribution >= 0.6 is 0 Å². The zero-order valence-corrected chi connectivity index (χ0v) is 20.5. The molecule has 2 aliphatic carbocycles. The van der Waals surface area contributed by atoms with Gasteiger partial charge in [0, 0.05) is 19.0 Å². The summed E-state index contributed by atoms with van der Waals surface area (Å²) >= 11 is 0. The minimum absolute atomic E-state index is 0.0485. The summed E-state index contributed by atoms with van der Waals surface area (Å²) in [7, 11) is 1.74. The number of nitrogens with zero attached hydrogens (tertiary/aromatic N) is 3. The maximum Gasteiger partial charge on any atom is 0.257 e. The molecule has 0 aromatic heterocycles. The fourth-order valence-electron chi connectivity index (χ4n) is 6.47. The molecule has 3 atom stereocenters. The summed E-state index contributed by atoms with van der Waals surface area (Å²) in [6.07, 6.45) is 13.6. The number of carbonyl (C=O) groups excluding carboxylic acids is 2.